The molecule has 0 fully saturated rings. The maximum Gasteiger partial charge on any atom is 0.193 e. The number of likely N-dealkylation sites (N-methyl/N-ethyl adjacent to an activating group) is 1. The monoisotopic (exact) mass is 425 g/mol. The minimum absolute atomic E-state index is 0. The summed E-state index contributed by atoms with van der Waals surface area (Å²) < 4.78 is 5.04. The predicted octanol–water partition coefficient (Wildman–Crippen LogP) is 3.23. The highest BCUT2D eigenvalue weighted by Gasteiger charge is 2.05. The Labute approximate surface area is 150 Å². The van der Waals surface area contributed by atoms with Crippen molar-refractivity contribution in [3.63, 3.8) is 0 Å². The van der Waals surface area contributed by atoms with Crippen LogP contribution in [0.25, 0.3) is 0 Å². The molecule has 0 unspecified atom stereocenters. The zero-order valence-corrected chi connectivity index (χ0v) is 16.4. The lowest BCUT2D eigenvalue weighted by Gasteiger charge is -2.21. The fraction of sp³-hybridized carbons (Fsp3) is 0.667. The van der Waals surface area contributed by atoms with Gasteiger partial charge in [0.2, 0.25) is 0 Å². The second kappa shape index (κ2) is 13.3. The molecule has 6 heteroatoms. The van der Waals surface area contributed by atoms with Gasteiger partial charge in [-0.25, -0.2) is 0 Å². The Balaban J connectivity index is 0.00000400. The summed E-state index contributed by atoms with van der Waals surface area (Å²) in [5.74, 6) is 0.980. The summed E-state index contributed by atoms with van der Waals surface area (Å²) in [7, 11) is 5.69. The van der Waals surface area contributed by atoms with Crippen molar-refractivity contribution in [1.82, 2.24) is 10.2 Å². The van der Waals surface area contributed by atoms with Crippen LogP contribution in [0, 0.1) is 0 Å². The number of guanidine groups is 1. The molecule has 0 bridgehead atoms. The molecule has 0 saturated carbocycles. The summed E-state index contributed by atoms with van der Waals surface area (Å²) >= 11 is 1.81. The zero-order valence-electron chi connectivity index (χ0n) is 13.3. The summed E-state index contributed by atoms with van der Waals surface area (Å²) in [6.07, 6.45) is 4.55. The van der Waals surface area contributed by atoms with E-state index >= 15 is 0 Å². The number of rotatable bonds is 9. The molecule has 122 valence electrons. The molecule has 1 heterocycles. The van der Waals surface area contributed by atoms with Crippen LogP contribution in [0.2, 0.25) is 0 Å². The molecule has 1 aromatic heterocycles. The van der Waals surface area contributed by atoms with E-state index < -0.39 is 0 Å². The molecule has 0 aliphatic carbocycles. The van der Waals surface area contributed by atoms with Crippen LogP contribution in [0.15, 0.2) is 22.5 Å². The normalized spacial score (nSPS) is 11.1. The SMILES string of the molecule is CN=C(NCCCCCOC)N(C)CCc1cccs1.I. The Hall–Kier alpha value is -0.340. The van der Waals surface area contributed by atoms with Crippen molar-refractivity contribution in [2.45, 2.75) is 25.7 Å². The second-order valence-electron chi connectivity index (χ2n) is 4.78. The van der Waals surface area contributed by atoms with Crippen LogP contribution in [0.5, 0.6) is 0 Å². The smallest absolute Gasteiger partial charge is 0.193 e. The average molecular weight is 425 g/mol. The summed E-state index contributed by atoms with van der Waals surface area (Å²) in [6.45, 7) is 2.82. The zero-order chi connectivity index (χ0) is 14.6. The van der Waals surface area contributed by atoms with E-state index in [0.29, 0.717) is 0 Å². The molecule has 0 spiro atoms. The molecular weight excluding hydrogens is 397 g/mol. The van der Waals surface area contributed by atoms with Gasteiger partial charge in [-0.3, -0.25) is 4.99 Å². The Morgan fingerprint density at radius 2 is 2.19 bits per heavy atom. The summed E-state index contributed by atoms with van der Waals surface area (Å²) in [5.41, 5.74) is 0. The largest absolute Gasteiger partial charge is 0.385 e. The van der Waals surface area contributed by atoms with Crippen molar-refractivity contribution >= 4 is 41.3 Å². The third-order valence-corrected chi connectivity index (χ3v) is 4.09. The third-order valence-electron chi connectivity index (χ3n) is 3.16. The summed E-state index contributed by atoms with van der Waals surface area (Å²) in [5, 5.41) is 5.54. The van der Waals surface area contributed by atoms with E-state index in [1.54, 1.807) is 7.11 Å². The highest BCUT2D eigenvalue weighted by Crippen LogP contribution is 2.09. The number of nitrogens with one attached hydrogen (secondary N) is 1. The third kappa shape index (κ3) is 9.31. The van der Waals surface area contributed by atoms with Crippen LogP contribution in [-0.2, 0) is 11.2 Å². The van der Waals surface area contributed by atoms with Crippen molar-refractivity contribution in [2.75, 3.05) is 40.9 Å². The lowest BCUT2D eigenvalue weighted by molar-refractivity contribution is 0.192. The van der Waals surface area contributed by atoms with Crippen molar-refractivity contribution in [2.24, 2.45) is 4.99 Å². The molecule has 0 atom stereocenters. The quantitative estimate of drug-likeness (QED) is 0.286. The lowest BCUT2D eigenvalue weighted by Crippen LogP contribution is -2.40. The van der Waals surface area contributed by atoms with Crippen LogP contribution in [-0.4, -0.2) is 51.8 Å². The molecule has 1 N–H and O–H groups in total. The molecular formula is C15H28IN3OS. The Kier molecular flexibility index (Phi) is 13.1. The van der Waals surface area contributed by atoms with Crippen LogP contribution < -0.4 is 5.32 Å². The number of methoxy groups -OCH3 is 1. The predicted molar refractivity (Wildman–Crippen MR) is 103 cm³/mol. The number of thiophene rings is 1. The van der Waals surface area contributed by atoms with Crippen molar-refractivity contribution in [1.29, 1.82) is 0 Å². The number of aliphatic imine (C=N–C) groups is 1. The van der Waals surface area contributed by atoms with Crippen molar-refractivity contribution in [3.8, 4) is 0 Å². The number of nitrogens with zero attached hydrogens (tertiary/aromatic N) is 2. The number of hydrogen-bond donors (Lipinski definition) is 1. The van der Waals surface area contributed by atoms with E-state index in [-0.39, 0.29) is 24.0 Å². The molecule has 0 saturated heterocycles. The number of unbranched alkanes of at least 4 members (excludes halogenated alkanes) is 2. The molecule has 0 aromatic carbocycles. The number of ether oxygens (including phenoxy) is 1. The molecule has 1 aromatic rings. The molecule has 1 rings (SSSR count). The molecule has 0 radical (unpaired) electrons. The van der Waals surface area contributed by atoms with Gasteiger partial charge in [-0.15, -0.1) is 35.3 Å². The molecule has 21 heavy (non-hydrogen) atoms. The van der Waals surface area contributed by atoms with Crippen molar-refractivity contribution in [3.05, 3.63) is 22.4 Å². The minimum atomic E-state index is 0. The Bertz CT molecular complexity index is 371. The number of hydrogen-bond acceptors (Lipinski definition) is 3. The fourth-order valence-corrected chi connectivity index (χ4v) is 2.67. The van der Waals surface area contributed by atoms with Gasteiger partial charge in [0.1, 0.15) is 0 Å². The van der Waals surface area contributed by atoms with E-state index in [4.69, 9.17) is 4.74 Å². The van der Waals surface area contributed by atoms with Gasteiger partial charge in [-0.2, -0.15) is 0 Å². The summed E-state index contributed by atoms with van der Waals surface area (Å²) in [6, 6.07) is 4.29. The second-order valence-corrected chi connectivity index (χ2v) is 5.81. The van der Waals surface area contributed by atoms with Crippen LogP contribution in [0.4, 0.5) is 0 Å². The highest BCUT2D eigenvalue weighted by atomic mass is 127. The molecule has 0 amide bonds. The lowest BCUT2D eigenvalue weighted by atomic mass is 10.2. The van der Waals surface area contributed by atoms with Crippen LogP contribution in [0.3, 0.4) is 0 Å². The van der Waals surface area contributed by atoms with Gasteiger partial charge >= 0.3 is 0 Å². The topological polar surface area (TPSA) is 36.9 Å². The van der Waals surface area contributed by atoms with Gasteiger partial charge < -0.3 is 15.0 Å². The van der Waals surface area contributed by atoms with Gasteiger partial charge in [0.05, 0.1) is 0 Å². The molecule has 4 nitrogen and oxygen atoms in total. The van der Waals surface area contributed by atoms with Gasteiger partial charge in [-0.1, -0.05) is 6.07 Å². The molecule has 0 aliphatic heterocycles. The Morgan fingerprint density at radius 1 is 1.38 bits per heavy atom. The summed E-state index contributed by atoms with van der Waals surface area (Å²) in [4.78, 5) is 7.94. The fourth-order valence-electron chi connectivity index (χ4n) is 1.97. The number of halogens is 1. The van der Waals surface area contributed by atoms with E-state index in [1.807, 2.05) is 18.4 Å². The van der Waals surface area contributed by atoms with Crippen LogP contribution in [0.1, 0.15) is 24.1 Å². The first-order valence-electron chi connectivity index (χ1n) is 7.21. The average Bonchev–Trinajstić information content (AvgIpc) is 2.97. The van der Waals surface area contributed by atoms with Gasteiger partial charge in [0, 0.05) is 45.8 Å². The van der Waals surface area contributed by atoms with E-state index in [2.05, 4.69) is 39.8 Å². The van der Waals surface area contributed by atoms with Gasteiger partial charge in [0.15, 0.2) is 5.96 Å². The maximum atomic E-state index is 5.04. The minimum Gasteiger partial charge on any atom is -0.385 e. The van der Waals surface area contributed by atoms with E-state index in [0.717, 1.165) is 44.9 Å². The Morgan fingerprint density at radius 3 is 2.81 bits per heavy atom. The van der Waals surface area contributed by atoms with Gasteiger partial charge in [-0.05, 0) is 37.1 Å². The molecule has 0 aliphatic rings. The van der Waals surface area contributed by atoms with Crippen LogP contribution >= 0.6 is 35.3 Å². The first kappa shape index (κ1) is 20.7. The van der Waals surface area contributed by atoms with Crippen molar-refractivity contribution < 1.29 is 4.74 Å². The standard InChI is InChI=1S/C15H27N3OS.HI/c1-16-15(17-10-5-4-6-12-19-3)18(2)11-9-14-8-7-13-20-14;/h7-8,13H,4-6,9-12H2,1-3H3,(H,16,17);1H. The van der Waals surface area contributed by atoms with Gasteiger partial charge in [0.25, 0.3) is 0 Å². The first-order chi connectivity index (χ1) is 9.77. The highest BCUT2D eigenvalue weighted by molar-refractivity contribution is 14.0. The maximum absolute atomic E-state index is 5.04. The first-order valence-corrected chi connectivity index (χ1v) is 8.09. The van der Waals surface area contributed by atoms with E-state index in [1.165, 1.54) is 11.3 Å². The van der Waals surface area contributed by atoms with E-state index in [9.17, 15) is 0 Å².